The number of aromatic nitrogens is 2. The van der Waals surface area contributed by atoms with E-state index in [1.807, 2.05) is 33.0 Å². The molecule has 0 aliphatic carbocycles. The lowest BCUT2D eigenvalue weighted by molar-refractivity contribution is 0.0698. The van der Waals surface area contributed by atoms with E-state index in [4.69, 9.17) is 9.72 Å². The maximum absolute atomic E-state index is 13.4. The molecule has 8 heteroatoms. The van der Waals surface area contributed by atoms with Crippen molar-refractivity contribution < 1.29 is 14.6 Å². The van der Waals surface area contributed by atoms with Crippen molar-refractivity contribution in [1.29, 1.82) is 0 Å². The average Bonchev–Trinajstić information content (AvgIpc) is 3.45. The Bertz CT molecular complexity index is 1330. The number of benzene rings is 1. The zero-order valence-corrected chi connectivity index (χ0v) is 19.8. The molecule has 34 heavy (non-hydrogen) atoms. The minimum atomic E-state index is -0.990. The molecule has 2 atom stereocenters. The van der Waals surface area contributed by atoms with Crippen LogP contribution in [0, 0.1) is 19.3 Å². The number of ether oxygens (including phenoxy) is 1. The van der Waals surface area contributed by atoms with E-state index >= 15 is 0 Å². The van der Waals surface area contributed by atoms with Crippen LogP contribution >= 0.6 is 0 Å². The van der Waals surface area contributed by atoms with Gasteiger partial charge in [0.05, 0.1) is 23.8 Å². The van der Waals surface area contributed by atoms with E-state index in [-0.39, 0.29) is 22.6 Å². The largest absolute Gasteiger partial charge is 0.478 e. The number of carboxylic acids is 1. The van der Waals surface area contributed by atoms with Gasteiger partial charge < -0.3 is 20.1 Å². The van der Waals surface area contributed by atoms with Crippen molar-refractivity contribution >= 4 is 23.1 Å². The molecule has 0 bridgehead atoms. The van der Waals surface area contributed by atoms with Gasteiger partial charge in [-0.15, -0.1) is 0 Å². The summed E-state index contributed by atoms with van der Waals surface area (Å²) < 4.78 is 7.29. The van der Waals surface area contributed by atoms with E-state index in [2.05, 4.69) is 10.2 Å². The average molecular weight is 463 g/mol. The lowest BCUT2D eigenvalue weighted by atomic mass is 9.87. The Hall–Kier alpha value is -3.39. The molecule has 2 aliphatic rings. The van der Waals surface area contributed by atoms with E-state index in [1.165, 1.54) is 0 Å². The van der Waals surface area contributed by atoms with Crippen LogP contribution in [0.2, 0.25) is 0 Å². The molecule has 0 saturated carbocycles. The normalized spacial score (nSPS) is 20.9. The summed E-state index contributed by atoms with van der Waals surface area (Å²) in [5.74, 6) is -0.257. The van der Waals surface area contributed by atoms with Gasteiger partial charge in [-0.25, -0.2) is 9.78 Å². The number of nitrogens with zero attached hydrogens (tertiary/aromatic N) is 3. The number of aryl methyl sites for hydroxylation is 1. The monoisotopic (exact) mass is 462 g/mol. The summed E-state index contributed by atoms with van der Waals surface area (Å²) in [5.41, 5.74) is 3.82. The summed E-state index contributed by atoms with van der Waals surface area (Å²) in [4.78, 5) is 32.3. The van der Waals surface area contributed by atoms with Crippen LogP contribution in [0.25, 0.3) is 5.65 Å². The second-order valence-electron chi connectivity index (χ2n) is 9.72. The van der Waals surface area contributed by atoms with Crippen LogP contribution in [-0.2, 0) is 4.74 Å². The molecular formula is C26H30N4O4. The predicted molar refractivity (Wildman–Crippen MR) is 131 cm³/mol. The van der Waals surface area contributed by atoms with Crippen LogP contribution in [0.1, 0.15) is 52.9 Å². The highest BCUT2D eigenvalue weighted by Gasteiger charge is 2.42. The number of carboxylic acid groups (broad SMARTS) is 1. The molecular weight excluding hydrogens is 432 g/mol. The third-order valence-electron chi connectivity index (χ3n) is 7.21. The number of aromatic carboxylic acids is 1. The number of fused-ring (bicyclic) bond motifs is 1. The first-order valence-electron chi connectivity index (χ1n) is 11.7. The molecule has 178 valence electrons. The number of carbonyl (C=O) groups is 1. The molecule has 4 heterocycles. The van der Waals surface area contributed by atoms with E-state index in [1.54, 1.807) is 28.7 Å². The molecule has 1 unspecified atom stereocenters. The van der Waals surface area contributed by atoms with Gasteiger partial charge in [-0.2, -0.15) is 0 Å². The van der Waals surface area contributed by atoms with E-state index in [0.717, 1.165) is 56.1 Å². The fourth-order valence-electron chi connectivity index (χ4n) is 5.30. The second kappa shape index (κ2) is 8.43. The number of nitrogens with one attached hydrogen (secondary N) is 1. The van der Waals surface area contributed by atoms with Crippen molar-refractivity contribution in [3.05, 3.63) is 69.1 Å². The Morgan fingerprint density at radius 1 is 1.26 bits per heavy atom. The van der Waals surface area contributed by atoms with Gasteiger partial charge in [-0.1, -0.05) is 12.1 Å². The van der Waals surface area contributed by atoms with Crippen LogP contribution in [-0.4, -0.2) is 46.8 Å². The Morgan fingerprint density at radius 2 is 2.06 bits per heavy atom. The molecule has 2 saturated heterocycles. The standard InChI is InChI=1S/C26H30N4O4/c1-16-12-20(18(3)27-21-7-5-4-6-19(21)25(32)33)23-28-22(17(2)24(31)30(23)13-16)29-10-8-26(14-29)9-11-34-15-26/h4-7,12-13,18,27H,8-11,14-15H2,1-3H3,(H,32,33)/t18-,26?/m1/s1. The van der Waals surface area contributed by atoms with Crippen LogP contribution in [0.4, 0.5) is 11.5 Å². The molecule has 0 radical (unpaired) electrons. The number of anilines is 2. The first-order chi connectivity index (χ1) is 16.3. The van der Waals surface area contributed by atoms with Crippen LogP contribution in [0.5, 0.6) is 0 Å². The quantitative estimate of drug-likeness (QED) is 0.595. The minimum Gasteiger partial charge on any atom is -0.478 e. The van der Waals surface area contributed by atoms with Crippen molar-refractivity contribution in [3.63, 3.8) is 0 Å². The summed E-state index contributed by atoms with van der Waals surface area (Å²) in [5, 5.41) is 12.9. The summed E-state index contributed by atoms with van der Waals surface area (Å²) in [6, 6.07) is 8.57. The summed E-state index contributed by atoms with van der Waals surface area (Å²) in [6.07, 6.45) is 3.90. The molecule has 8 nitrogen and oxygen atoms in total. The van der Waals surface area contributed by atoms with Gasteiger partial charge in [0.25, 0.3) is 5.56 Å². The predicted octanol–water partition coefficient (Wildman–Crippen LogP) is 3.80. The summed E-state index contributed by atoms with van der Waals surface area (Å²) in [7, 11) is 0. The third kappa shape index (κ3) is 3.81. The van der Waals surface area contributed by atoms with Gasteiger partial charge in [0.2, 0.25) is 0 Å². The second-order valence-corrected chi connectivity index (χ2v) is 9.72. The lowest BCUT2D eigenvalue weighted by Gasteiger charge is -2.25. The maximum Gasteiger partial charge on any atom is 0.337 e. The van der Waals surface area contributed by atoms with Gasteiger partial charge >= 0.3 is 5.97 Å². The lowest BCUT2D eigenvalue weighted by Crippen LogP contribution is -2.31. The van der Waals surface area contributed by atoms with E-state index in [0.29, 0.717) is 16.9 Å². The smallest absolute Gasteiger partial charge is 0.337 e. The number of pyridine rings is 1. The van der Waals surface area contributed by atoms with Crippen molar-refractivity contribution in [3.8, 4) is 0 Å². The van der Waals surface area contributed by atoms with Gasteiger partial charge in [0.1, 0.15) is 11.5 Å². The van der Waals surface area contributed by atoms with Gasteiger partial charge in [-0.3, -0.25) is 9.20 Å². The Balaban J connectivity index is 1.57. The number of rotatable bonds is 5. The zero-order chi connectivity index (χ0) is 24.0. The fraction of sp³-hybridized carbons (Fsp3) is 0.423. The summed E-state index contributed by atoms with van der Waals surface area (Å²) in [6.45, 7) is 9.01. The molecule has 0 amide bonds. The van der Waals surface area contributed by atoms with E-state index < -0.39 is 5.97 Å². The molecule has 2 aliphatic heterocycles. The van der Waals surface area contributed by atoms with Crippen LogP contribution < -0.4 is 15.8 Å². The number of para-hydroxylation sites is 1. The highest BCUT2D eigenvalue weighted by Crippen LogP contribution is 2.40. The first kappa shape index (κ1) is 22.4. The van der Waals surface area contributed by atoms with Gasteiger partial charge in [0, 0.05) is 42.6 Å². The first-order valence-corrected chi connectivity index (χ1v) is 11.7. The van der Waals surface area contributed by atoms with Crippen molar-refractivity contribution in [2.24, 2.45) is 5.41 Å². The van der Waals surface area contributed by atoms with Crippen molar-refractivity contribution in [2.45, 2.75) is 39.7 Å². The highest BCUT2D eigenvalue weighted by atomic mass is 16.5. The van der Waals surface area contributed by atoms with Gasteiger partial charge in [-0.05, 0) is 57.4 Å². The molecule has 1 aromatic carbocycles. The molecule has 5 rings (SSSR count). The minimum absolute atomic E-state index is 0.0771. The van der Waals surface area contributed by atoms with Crippen molar-refractivity contribution in [1.82, 2.24) is 9.38 Å². The Morgan fingerprint density at radius 3 is 2.79 bits per heavy atom. The van der Waals surface area contributed by atoms with Crippen LogP contribution in [0.3, 0.4) is 0 Å². The molecule has 2 aromatic heterocycles. The molecule has 1 spiro atoms. The van der Waals surface area contributed by atoms with E-state index in [9.17, 15) is 14.7 Å². The molecule has 2 N–H and O–H groups in total. The highest BCUT2D eigenvalue weighted by molar-refractivity contribution is 5.94. The zero-order valence-electron chi connectivity index (χ0n) is 19.8. The number of hydrogen-bond donors (Lipinski definition) is 2. The van der Waals surface area contributed by atoms with Gasteiger partial charge in [0.15, 0.2) is 0 Å². The maximum atomic E-state index is 13.4. The third-order valence-corrected chi connectivity index (χ3v) is 7.21. The Kier molecular flexibility index (Phi) is 5.56. The van der Waals surface area contributed by atoms with Crippen LogP contribution in [0.15, 0.2) is 41.3 Å². The Labute approximate surface area is 198 Å². The SMILES string of the molecule is Cc1cc([C@@H](C)Nc2ccccc2C(=O)O)c2nc(N3CCC4(CCOC4)C3)c(C)c(=O)n2c1. The summed E-state index contributed by atoms with van der Waals surface area (Å²) >= 11 is 0. The van der Waals surface area contributed by atoms with Crippen molar-refractivity contribution in [2.75, 3.05) is 36.5 Å². The molecule has 2 fully saturated rings. The molecule has 3 aromatic rings. The topological polar surface area (TPSA) is 96.2 Å². The fourth-order valence-corrected chi connectivity index (χ4v) is 5.30. The number of hydrogen-bond acceptors (Lipinski definition) is 6.